The van der Waals surface area contributed by atoms with Gasteiger partial charge in [-0.3, -0.25) is 0 Å². The van der Waals surface area contributed by atoms with Crippen LogP contribution < -0.4 is 4.90 Å². The highest BCUT2D eigenvalue weighted by Crippen LogP contribution is 2.37. The van der Waals surface area contributed by atoms with Crippen LogP contribution in [0.15, 0.2) is 66.9 Å². The first-order valence-corrected chi connectivity index (χ1v) is 7.97. The summed E-state index contributed by atoms with van der Waals surface area (Å²) in [6.45, 7) is 8.20. The lowest BCUT2D eigenvalue weighted by atomic mass is 10.1. The summed E-state index contributed by atoms with van der Waals surface area (Å²) in [5.41, 5.74) is 5.29. The highest BCUT2D eigenvalue weighted by atomic mass is 35.5. The van der Waals surface area contributed by atoms with Crippen LogP contribution >= 0.6 is 11.6 Å². The van der Waals surface area contributed by atoms with E-state index in [4.69, 9.17) is 11.6 Å². The van der Waals surface area contributed by atoms with E-state index in [1.165, 1.54) is 0 Å². The minimum Gasteiger partial charge on any atom is -0.377 e. The van der Waals surface area contributed by atoms with Crippen LogP contribution in [0.3, 0.4) is 0 Å². The van der Waals surface area contributed by atoms with Crippen LogP contribution in [0, 0.1) is 0 Å². The van der Waals surface area contributed by atoms with Crippen molar-refractivity contribution in [2.45, 2.75) is 13.8 Å². The predicted molar refractivity (Wildman–Crippen MR) is 102 cm³/mol. The molecule has 0 bridgehead atoms. The molecule has 3 heteroatoms. The van der Waals surface area contributed by atoms with E-state index in [-0.39, 0.29) is 0 Å². The molecule has 0 amide bonds. The predicted octanol–water partition coefficient (Wildman–Crippen LogP) is 5.93. The van der Waals surface area contributed by atoms with Crippen molar-refractivity contribution < 1.29 is 0 Å². The molecule has 0 aliphatic rings. The molecule has 2 aromatic rings. The zero-order chi connectivity index (χ0) is 17.0. The van der Waals surface area contributed by atoms with Crippen molar-refractivity contribution in [3.8, 4) is 0 Å². The number of nitrogens with zero attached hydrogens (tertiary/aromatic N) is 2. The van der Waals surface area contributed by atoms with Crippen LogP contribution in [-0.4, -0.2) is 19.0 Å². The second-order valence-corrected chi connectivity index (χ2v) is 6.07. The van der Waals surface area contributed by atoms with Crippen molar-refractivity contribution in [1.29, 1.82) is 0 Å². The van der Waals surface area contributed by atoms with Crippen molar-refractivity contribution in [2.24, 2.45) is 0 Å². The van der Waals surface area contributed by atoms with Crippen LogP contribution in [0.2, 0.25) is 5.02 Å². The number of rotatable bonds is 5. The number of hydrogen-bond acceptors (Lipinski definition) is 2. The van der Waals surface area contributed by atoms with Gasteiger partial charge in [0.1, 0.15) is 0 Å². The van der Waals surface area contributed by atoms with E-state index >= 15 is 0 Å². The van der Waals surface area contributed by atoms with Crippen LogP contribution in [0.25, 0.3) is 5.70 Å². The molecule has 0 aliphatic carbocycles. The Kier molecular flexibility index (Phi) is 5.51. The fraction of sp³-hybridized carbons (Fsp3) is 0.200. The van der Waals surface area contributed by atoms with Gasteiger partial charge in [-0.25, -0.2) is 0 Å². The van der Waals surface area contributed by atoms with Gasteiger partial charge in [0.15, 0.2) is 0 Å². The number of para-hydroxylation sites is 1. The Balaban J connectivity index is 2.69. The summed E-state index contributed by atoms with van der Waals surface area (Å²) in [5.74, 6) is 0. The Morgan fingerprint density at radius 3 is 2.26 bits per heavy atom. The SMILES string of the molecule is C=C(C)N(c1ccccc1)c1cc(Cl)ccc1/C(=C/C)N(C)C. The molecule has 23 heavy (non-hydrogen) atoms. The molecule has 0 saturated heterocycles. The first-order chi connectivity index (χ1) is 11.0. The van der Waals surface area contributed by atoms with Crippen molar-refractivity contribution in [3.05, 3.63) is 77.5 Å². The molecule has 0 N–H and O–H groups in total. The summed E-state index contributed by atoms with van der Waals surface area (Å²) < 4.78 is 0. The Bertz CT molecular complexity index is 718. The van der Waals surface area contributed by atoms with Gasteiger partial charge in [0.05, 0.1) is 5.69 Å². The first kappa shape index (κ1) is 17.2. The molecule has 2 nitrogen and oxygen atoms in total. The number of hydrogen-bond donors (Lipinski definition) is 0. The molecule has 0 radical (unpaired) electrons. The van der Waals surface area contributed by atoms with E-state index in [0.29, 0.717) is 5.02 Å². The topological polar surface area (TPSA) is 6.48 Å². The van der Waals surface area contributed by atoms with Crippen molar-refractivity contribution in [1.82, 2.24) is 4.90 Å². The lowest BCUT2D eigenvalue weighted by molar-refractivity contribution is 0.591. The minimum atomic E-state index is 0.708. The fourth-order valence-corrected chi connectivity index (χ4v) is 2.87. The Labute approximate surface area is 144 Å². The van der Waals surface area contributed by atoms with Gasteiger partial charge in [-0.05, 0) is 44.2 Å². The van der Waals surface area contributed by atoms with Gasteiger partial charge < -0.3 is 9.80 Å². The maximum absolute atomic E-state index is 6.29. The molecule has 0 heterocycles. The summed E-state index contributed by atoms with van der Waals surface area (Å²) in [7, 11) is 4.09. The summed E-state index contributed by atoms with van der Waals surface area (Å²) in [4.78, 5) is 4.24. The molecule has 0 atom stereocenters. The third-order valence-corrected chi connectivity index (χ3v) is 3.86. The fourth-order valence-electron chi connectivity index (χ4n) is 2.70. The zero-order valence-corrected chi connectivity index (χ0v) is 14.9. The van der Waals surface area contributed by atoms with Gasteiger partial charge >= 0.3 is 0 Å². The largest absolute Gasteiger partial charge is 0.377 e. The molecule has 0 fully saturated rings. The molecule has 2 rings (SSSR count). The molecule has 120 valence electrons. The van der Waals surface area contributed by atoms with E-state index in [0.717, 1.165) is 28.3 Å². The summed E-state index contributed by atoms with van der Waals surface area (Å²) in [6, 6.07) is 16.2. The van der Waals surface area contributed by atoms with E-state index in [1.807, 2.05) is 58.3 Å². The standard InChI is InChI=1S/C20H23ClN2/c1-6-19(22(4)5)18-13-12-16(21)14-20(18)23(15(2)3)17-10-8-7-9-11-17/h6-14H,2H2,1,3-5H3/b19-6-. The lowest BCUT2D eigenvalue weighted by Crippen LogP contribution is -2.18. The second kappa shape index (κ2) is 7.38. The summed E-state index contributed by atoms with van der Waals surface area (Å²) in [6.07, 6.45) is 2.11. The lowest BCUT2D eigenvalue weighted by Gasteiger charge is -2.30. The average molecular weight is 327 g/mol. The van der Waals surface area contributed by atoms with Gasteiger partial charge in [-0.2, -0.15) is 0 Å². The number of allylic oxidation sites excluding steroid dienone is 2. The van der Waals surface area contributed by atoms with Gasteiger partial charge in [0.2, 0.25) is 0 Å². The van der Waals surface area contributed by atoms with Gasteiger partial charge in [0, 0.05) is 41.8 Å². The molecular formula is C20H23ClN2. The van der Waals surface area contributed by atoms with Crippen LogP contribution in [0.4, 0.5) is 11.4 Å². The zero-order valence-electron chi connectivity index (χ0n) is 14.2. The second-order valence-electron chi connectivity index (χ2n) is 5.64. The normalized spacial score (nSPS) is 11.3. The smallest absolute Gasteiger partial charge is 0.0565 e. The molecule has 0 aliphatic heterocycles. The maximum Gasteiger partial charge on any atom is 0.0565 e. The Morgan fingerprint density at radius 1 is 1.09 bits per heavy atom. The molecule has 0 aromatic heterocycles. The Hall–Kier alpha value is -2.19. The molecule has 0 saturated carbocycles. The van der Waals surface area contributed by atoms with Gasteiger partial charge in [-0.15, -0.1) is 0 Å². The Morgan fingerprint density at radius 2 is 1.74 bits per heavy atom. The van der Waals surface area contributed by atoms with E-state index in [9.17, 15) is 0 Å². The third kappa shape index (κ3) is 3.77. The molecular weight excluding hydrogens is 304 g/mol. The summed E-state index contributed by atoms with van der Waals surface area (Å²) in [5, 5.41) is 0.708. The van der Waals surface area contributed by atoms with Crippen molar-refractivity contribution >= 4 is 28.7 Å². The molecule has 0 spiro atoms. The molecule has 0 unspecified atom stereocenters. The highest BCUT2D eigenvalue weighted by Gasteiger charge is 2.17. The van der Waals surface area contributed by atoms with Gasteiger partial charge in [0.25, 0.3) is 0 Å². The third-order valence-electron chi connectivity index (χ3n) is 3.63. The van der Waals surface area contributed by atoms with E-state index in [2.05, 4.69) is 40.7 Å². The number of benzene rings is 2. The van der Waals surface area contributed by atoms with Gasteiger partial charge in [-0.1, -0.05) is 42.5 Å². The van der Waals surface area contributed by atoms with Crippen LogP contribution in [-0.2, 0) is 0 Å². The minimum absolute atomic E-state index is 0.708. The maximum atomic E-state index is 6.29. The average Bonchev–Trinajstić information content (AvgIpc) is 2.50. The number of halogens is 1. The van der Waals surface area contributed by atoms with Crippen molar-refractivity contribution in [2.75, 3.05) is 19.0 Å². The quantitative estimate of drug-likeness (QED) is 0.671. The summed E-state index contributed by atoms with van der Waals surface area (Å²) >= 11 is 6.29. The van der Waals surface area contributed by atoms with Crippen LogP contribution in [0.1, 0.15) is 19.4 Å². The first-order valence-electron chi connectivity index (χ1n) is 7.60. The van der Waals surface area contributed by atoms with Crippen molar-refractivity contribution in [3.63, 3.8) is 0 Å². The van der Waals surface area contributed by atoms with Crippen LogP contribution in [0.5, 0.6) is 0 Å². The highest BCUT2D eigenvalue weighted by molar-refractivity contribution is 6.31. The molecule has 2 aromatic carbocycles. The number of anilines is 2. The van der Waals surface area contributed by atoms with E-state index in [1.54, 1.807) is 0 Å². The monoisotopic (exact) mass is 326 g/mol. The van der Waals surface area contributed by atoms with E-state index < -0.39 is 0 Å².